The van der Waals surface area contributed by atoms with Crippen molar-refractivity contribution in [2.45, 2.75) is 25.5 Å². The summed E-state index contributed by atoms with van der Waals surface area (Å²) in [6.45, 7) is 1.66. The number of ether oxygens (including phenoxy) is 1. The smallest absolute Gasteiger partial charge is 0.342 e. The molecule has 2 rings (SSSR count). The van der Waals surface area contributed by atoms with Crippen LogP contribution in [-0.4, -0.2) is 51.1 Å². The van der Waals surface area contributed by atoms with E-state index >= 15 is 0 Å². The Bertz CT molecular complexity index is 821. The van der Waals surface area contributed by atoms with E-state index in [0.717, 1.165) is 0 Å². The molecule has 0 spiro atoms. The Morgan fingerprint density at radius 3 is 2.37 bits per heavy atom. The van der Waals surface area contributed by atoms with Gasteiger partial charge in [-0.3, -0.25) is 4.79 Å². The molecule has 0 aromatic heterocycles. The average Bonchev–Trinajstić information content (AvgIpc) is 2.61. The number of para-hydroxylation sites is 1. The minimum Gasteiger partial charge on any atom is -0.507 e. The van der Waals surface area contributed by atoms with E-state index in [9.17, 15) is 30.0 Å². The van der Waals surface area contributed by atoms with Crippen LogP contribution < -0.4 is 5.32 Å². The van der Waals surface area contributed by atoms with Gasteiger partial charge in [0.2, 0.25) is 0 Å². The van der Waals surface area contributed by atoms with Gasteiger partial charge in [-0.25, -0.2) is 4.79 Å². The molecule has 0 aliphatic carbocycles. The number of phenolic OH excluding ortho intramolecular Hbond substituents is 3. The molecule has 0 heterocycles. The van der Waals surface area contributed by atoms with Gasteiger partial charge in [-0.05, 0) is 43.2 Å². The molecule has 0 bridgehead atoms. The largest absolute Gasteiger partial charge is 0.507 e. The molecule has 8 nitrogen and oxygen atoms in total. The molecule has 0 fully saturated rings. The van der Waals surface area contributed by atoms with Gasteiger partial charge in [0, 0.05) is 6.54 Å². The Kier molecular flexibility index (Phi) is 6.62. The first kappa shape index (κ1) is 20.1. The maximum Gasteiger partial charge on any atom is 0.342 e. The Balaban J connectivity index is 1.93. The third kappa shape index (κ3) is 5.61. The van der Waals surface area contributed by atoms with E-state index < -0.39 is 24.1 Å². The number of rotatable bonds is 8. The summed E-state index contributed by atoms with van der Waals surface area (Å²) in [5.41, 5.74) is 0.544. The van der Waals surface area contributed by atoms with Crippen molar-refractivity contribution in [2.75, 3.05) is 6.54 Å². The average molecular weight is 375 g/mol. The molecule has 0 saturated carbocycles. The first-order valence-electron chi connectivity index (χ1n) is 8.24. The summed E-state index contributed by atoms with van der Waals surface area (Å²) < 4.78 is 5.21. The van der Waals surface area contributed by atoms with E-state index in [1.165, 1.54) is 30.3 Å². The Hall–Kier alpha value is -3.26. The number of hydrogen-bond acceptors (Lipinski definition) is 7. The van der Waals surface area contributed by atoms with Crippen molar-refractivity contribution in [2.24, 2.45) is 0 Å². The number of hydrogen-bond donors (Lipinski definition) is 5. The van der Waals surface area contributed by atoms with E-state index in [-0.39, 0.29) is 35.8 Å². The summed E-state index contributed by atoms with van der Waals surface area (Å²) in [7, 11) is 0. The Labute approximate surface area is 155 Å². The molecule has 0 amide bonds. The molecular weight excluding hydrogens is 354 g/mol. The molecule has 0 aliphatic rings. The van der Waals surface area contributed by atoms with Crippen molar-refractivity contribution in [3.63, 3.8) is 0 Å². The normalized spacial score (nSPS) is 12.9. The van der Waals surface area contributed by atoms with E-state index in [4.69, 9.17) is 4.74 Å². The Morgan fingerprint density at radius 2 is 1.74 bits per heavy atom. The highest BCUT2D eigenvalue weighted by Crippen LogP contribution is 2.25. The molecule has 0 radical (unpaired) electrons. The summed E-state index contributed by atoms with van der Waals surface area (Å²) in [4.78, 5) is 23.5. The molecule has 8 heteroatoms. The van der Waals surface area contributed by atoms with E-state index in [0.29, 0.717) is 5.56 Å². The molecule has 1 unspecified atom stereocenters. The zero-order chi connectivity index (χ0) is 20.0. The minimum atomic E-state index is -1.11. The lowest BCUT2D eigenvalue weighted by Crippen LogP contribution is -2.42. The van der Waals surface area contributed by atoms with Gasteiger partial charge < -0.3 is 30.5 Å². The summed E-state index contributed by atoms with van der Waals surface area (Å²) in [6, 6.07) is 9.05. The lowest BCUT2D eigenvalue weighted by atomic mass is 10.1. The molecule has 5 N–H and O–H groups in total. The van der Waals surface area contributed by atoms with Crippen LogP contribution >= 0.6 is 0 Å². The van der Waals surface area contributed by atoms with Crippen LogP contribution in [-0.2, 0) is 16.0 Å². The monoisotopic (exact) mass is 375 g/mol. The molecule has 2 atom stereocenters. The van der Waals surface area contributed by atoms with Gasteiger partial charge in [0.1, 0.15) is 23.5 Å². The molecule has 0 saturated heterocycles. The molecular formula is C19H21NO7. The number of phenols is 3. The van der Waals surface area contributed by atoms with Crippen LogP contribution in [0.3, 0.4) is 0 Å². The van der Waals surface area contributed by atoms with Gasteiger partial charge >= 0.3 is 11.9 Å². The summed E-state index contributed by atoms with van der Waals surface area (Å²) >= 11 is 0. The predicted molar refractivity (Wildman–Crippen MR) is 95.9 cm³/mol. The number of aromatic hydroxyl groups is 3. The number of nitrogens with one attached hydrogen (secondary N) is 1. The van der Waals surface area contributed by atoms with Crippen LogP contribution in [0.15, 0.2) is 42.5 Å². The van der Waals surface area contributed by atoms with Crippen molar-refractivity contribution in [3.05, 3.63) is 53.6 Å². The highest BCUT2D eigenvalue weighted by molar-refractivity contribution is 5.92. The third-order valence-corrected chi connectivity index (χ3v) is 3.86. The second-order valence-electron chi connectivity index (χ2n) is 6.06. The third-order valence-electron chi connectivity index (χ3n) is 3.86. The number of carbonyl (C=O) groups is 2. The maximum absolute atomic E-state index is 12.0. The quantitative estimate of drug-likeness (QED) is 0.347. The van der Waals surface area contributed by atoms with E-state index in [2.05, 4.69) is 5.32 Å². The molecule has 2 aromatic rings. The number of benzene rings is 2. The van der Waals surface area contributed by atoms with Crippen LogP contribution in [0, 0.1) is 0 Å². The summed E-state index contributed by atoms with van der Waals surface area (Å²) in [6.07, 6.45) is -0.587. The Morgan fingerprint density at radius 1 is 1.04 bits per heavy atom. The van der Waals surface area contributed by atoms with Crippen LogP contribution in [0.4, 0.5) is 0 Å². The van der Waals surface area contributed by atoms with Crippen LogP contribution in [0.2, 0.25) is 0 Å². The summed E-state index contributed by atoms with van der Waals surface area (Å²) in [5.74, 6) is -2.64. The molecule has 2 aromatic carbocycles. The fraction of sp³-hybridized carbons (Fsp3) is 0.263. The van der Waals surface area contributed by atoms with Gasteiger partial charge in [0.25, 0.3) is 0 Å². The molecule has 0 aliphatic heterocycles. The van der Waals surface area contributed by atoms with Crippen molar-refractivity contribution >= 4 is 11.9 Å². The molecule has 27 heavy (non-hydrogen) atoms. The first-order valence-corrected chi connectivity index (χ1v) is 8.24. The standard InChI is InChI=1S/C19H21NO7/c1-11(27-19(26)13-4-2-3-5-15(13)21)10-20-14(18(24)25)8-12-6-7-16(22)17(23)9-12/h2-7,9,11,14,20-23H,8,10H2,1H3,(H,24,25)/t11?,14-/m0/s1. The van der Waals surface area contributed by atoms with Crippen molar-refractivity contribution in [1.29, 1.82) is 0 Å². The predicted octanol–water partition coefficient (Wildman–Crippen LogP) is 1.63. The van der Waals surface area contributed by atoms with E-state index in [1.807, 2.05) is 0 Å². The zero-order valence-corrected chi connectivity index (χ0v) is 14.6. The highest BCUT2D eigenvalue weighted by atomic mass is 16.5. The lowest BCUT2D eigenvalue weighted by molar-refractivity contribution is -0.139. The van der Waals surface area contributed by atoms with Gasteiger partial charge in [-0.15, -0.1) is 0 Å². The minimum absolute atomic E-state index is 0.0266. The highest BCUT2D eigenvalue weighted by Gasteiger charge is 2.21. The van der Waals surface area contributed by atoms with Crippen LogP contribution in [0.1, 0.15) is 22.8 Å². The number of carboxylic acids is 1. The second-order valence-corrected chi connectivity index (χ2v) is 6.06. The van der Waals surface area contributed by atoms with Gasteiger partial charge in [0.15, 0.2) is 11.5 Å². The first-order chi connectivity index (χ1) is 12.8. The van der Waals surface area contributed by atoms with Crippen molar-refractivity contribution in [1.82, 2.24) is 5.32 Å². The van der Waals surface area contributed by atoms with Crippen LogP contribution in [0.25, 0.3) is 0 Å². The van der Waals surface area contributed by atoms with Crippen molar-refractivity contribution < 1.29 is 34.8 Å². The summed E-state index contributed by atoms with van der Waals surface area (Å²) in [5, 5.41) is 40.6. The van der Waals surface area contributed by atoms with Gasteiger partial charge in [0.05, 0.1) is 0 Å². The fourth-order valence-corrected chi connectivity index (χ4v) is 2.42. The lowest BCUT2D eigenvalue weighted by Gasteiger charge is -2.19. The maximum atomic E-state index is 12.0. The van der Waals surface area contributed by atoms with E-state index in [1.54, 1.807) is 19.1 Å². The number of carboxylic acid groups (broad SMARTS) is 1. The number of esters is 1. The fourth-order valence-electron chi connectivity index (χ4n) is 2.42. The molecule has 144 valence electrons. The van der Waals surface area contributed by atoms with Gasteiger partial charge in [-0.2, -0.15) is 0 Å². The van der Waals surface area contributed by atoms with Crippen molar-refractivity contribution in [3.8, 4) is 17.2 Å². The van der Waals surface area contributed by atoms with Gasteiger partial charge in [-0.1, -0.05) is 18.2 Å². The zero-order valence-electron chi connectivity index (χ0n) is 14.6. The topological polar surface area (TPSA) is 136 Å². The second kappa shape index (κ2) is 8.91. The number of aliphatic carboxylic acids is 1. The number of carbonyl (C=O) groups excluding carboxylic acids is 1. The van der Waals surface area contributed by atoms with Crippen LogP contribution in [0.5, 0.6) is 17.2 Å². The SMILES string of the molecule is CC(CN[C@@H](Cc1ccc(O)c(O)c1)C(=O)O)OC(=O)c1ccccc1O.